The Kier molecular flexibility index (Phi) is 2.75. The summed E-state index contributed by atoms with van der Waals surface area (Å²) in [4.78, 5) is 0. The Labute approximate surface area is 70.7 Å². The van der Waals surface area contributed by atoms with E-state index in [1.54, 1.807) is 0 Å². The maximum Gasteiger partial charge on any atom is -0.0317 e. The molecule has 0 saturated carbocycles. The predicted octanol–water partition coefficient (Wildman–Crippen LogP) is 3.78. The standard InChI is InChI=1S/C11H20/c1-4-11(2,3)10-8-6-5-7-9-10/h5-6,10H,4,7-9H2,1-3H3/t10-/m0/s1. The molecule has 0 spiro atoms. The molecule has 0 radical (unpaired) electrons. The fourth-order valence-corrected chi connectivity index (χ4v) is 1.79. The van der Waals surface area contributed by atoms with Crippen LogP contribution in [0.25, 0.3) is 0 Å². The Morgan fingerprint density at radius 3 is 2.55 bits per heavy atom. The minimum atomic E-state index is 0.560. The van der Waals surface area contributed by atoms with Gasteiger partial charge in [-0.05, 0) is 30.6 Å². The van der Waals surface area contributed by atoms with E-state index in [4.69, 9.17) is 0 Å². The first-order valence-corrected chi connectivity index (χ1v) is 4.82. The van der Waals surface area contributed by atoms with E-state index in [9.17, 15) is 0 Å². The summed E-state index contributed by atoms with van der Waals surface area (Å²) in [5.74, 6) is 0.928. The Morgan fingerprint density at radius 2 is 2.09 bits per heavy atom. The van der Waals surface area contributed by atoms with Gasteiger partial charge in [0.25, 0.3) is 0 Å². The van der Waals surface area contributed by atoms with E-state index in [-0.39, 0.29) is 0 Å². The Balaban J connectivity index is 2.52. The highest BCUT2D eigenvalue weighted by Crippen LogP contribution is 2.37. The lowest BCUT2D eigenvalue weighted by Gasteiger charge is -2.34. The molecule has 0 aromatic heterocycles. The molecular weight excluding hydrogens is 132 g/mol. The van der Waals surface area contributed by atoms with Gasteiger partial charge in [-0.3, -0.25) is 0 Å². The summed E-state index contributed by atoms with van der Waals surface area (Å²) >= 11 is 0. The van der Waals surface area contributed by atoms with Gasteiger partial charge in [0.1, 0.15) is 0 Å². The molecule has 64 valence electrons. The maximum absolute atomic E-state index is 2.40. The summed E-state index contributed by atoms with van der Waals surface area (Å²) in [6, 6.07) is 0. The third-order valence-corrected chi connectivity index (χ3v) is 3.29. The number of hydrogen-bond acceptors (Lipinski definition) is 0. The van der Waals surface area contributed by atoms with Gasteiger partial charge in [0, 0.05) is 0 Å². The van der Waals surface area contributed by atoms with Gasteiger partial charge >= 0.3 is 0 Å². The van der Waals surface area contributed by atoms with E-state index in [1.807, 2.05) is 0 Å². The van der Waals surface area contributed by atoms with Crippen LogP contribution in [0.15, 0.2) is 12.2 Å². The second-order valence-corrected chi connectivity index (χ2v) is 4.32. The van der Waals surface area contributed by atoms with Crippen molar-refractivity contribution in [1.29, 1.82) is 0 Å². The van der Waals surface area contributed by atoms with E-state index < -0.39 is 0 Å². The van der Waals surface area contributed by atoms with E-state index in [2.05, 4.69) is 32.9 Å². The molecule has 0 N–H and O–H groups in total. The number of rotatable bonds is 2. The summed E-state index contributed by atoms with van der Waals surface area (Å²) in [5.41, 5.74) is 0.560. The van der Waals surface area contributed by atoms with Gasteiger partial charge in [-0.25, -0.2) is 0 Å². The Hall–Kier alpha value is -0.260. The summed E-state index contributed by atoms with van der Waals surface area (Å²) in [6.07, 6.45) is 9.99. The molecule has 1 atom stereocenters. The largest absolute Gasteiger partial charge is 0.0885 e. The lowest BCUT2D eigenvalue weighted by Crippen LogP contribution is -2.23. The van der Waals surface area contributed by atoms with Crippen LogP contribution in [-0.4, -0.2) is 0 Å². The van der Waals surface area contributed by atoms with Crippen molar-refractivity contribution in [1.82, 2.24) is 0 Å². The third-order valence-electron chi connectivity index (χ3n) is 3.29. The molecule has 0 nitrogen and oxygen atoms in total. The summed E-state index contributed by atoms with van der Waals surface area (Å²) in [6.45, 7) is 7.10. The molecule has 1 rings (SSSR count). The molecule has 1 aliphatic rings. The molecule has 0 aromatic carbocycles. The fraction of sp³-hybridized carbons (Fsp3) is 0.818. The molecule has 0 unspecified atom stereocenters. The van der Waals surface area contributed by atoms with Gasteiger partial charge in [-0.2, -0.15) is 0 Å². The maximum atomic E-state index is 2.40. The van der Waals surface area contributed by atoms with Crippen LogP contribution in [-0.2, 0) is 0 Å². The Bertz CT molecular complexity index is 142. The fourth-order valence-electron chi connectivity index (χ4n) is 1.79. The average molecular weight is 152 g/mol. The summed E-state index contributed by atoms with van der Waals surface area (Å²) in [5, 5.41) is 0. The molecular formula is C11H20. The van der Waals surface area contributed by atoms with Crippen LogP contribution < -0.4 is 0 Å². The zero-order valence-corrected chi connectivity index (χ0v) is 8.06. The van der Waals surface area contributed by atoms with Crippen molar-refractivity contribution < 1.29 is 0 Å². The van der Waals surface area contributed by atoms with Crippen LogP contribution >= 0.6 is 0 Å². The van der Waals surface area contributed by atoms with Crippen molar-refractivity contribution >= 4 is 0 Å². The van der Waals surface area contributed by atoms with Crippen molar-refractivity contribution in [3.63, 3.8) is 0 Å². The van der Waals surface area contributed by atoms with E-state index in [0.717, 1.165) is 5.92 Å². The van der Waals surface area contributed by atoms with Crippen LogP contribution in [0.2, 0.25) is 0 Å². The van der Waals surface area contributed by atoms with Crippen molar-refractivity contribution in [2.75, 3.05) is 0 Å². The molecule has 0 bridgehead atoms. The smallest absolute Gasteiger partial charge is 0.0317 e. The van der Waals surface area contributed by atoms with Crippen LogP contribution in [0.3, 0.4) is 0 Å². The molecule has 0 aliphatic heterocycles. The molecule has 11 heavy (non-hydrogen) atoms. The second-order valence-electron chi connectivity index (χ2n) is 4.32. The normalized spacial score (nSPS) is 25.5. The van der Waals surface area contributed by atoms with Gasteiger partial charge < -0.3 is 0 Å². The van der Waals surface area contributed by atoms with Crippen molar-refractivity contribution in [3.05, 3.63) is 12.2 Å². The molecule has 0 amide bonds. The minimum Gasteiger partial charge on any atom is -0.0885 e. The highest BCUT2D eigenvalue weighted by atomic mass is 14.3. The van der Waals surface area contributed by atoms with E-state index >= 15 is 0 Å². The van der Waals surface area contributed by atoms with Gasteiger partial charge in [-0.15, -0.1) is 0 Å². The highest BCUT2D eigenvalue weighted by molar-refractivity contribution is 4.94. The van der Waals surface area contributed by atoms with Gasteiger partial charge in [-0.1, -0.05) is 39.3 Å². The monoisotopic (exact) mass is 152 g/mol. The number of allylic oxidation sites excluding steroid dienone is 2. The van der Waals surface area contributed by atoms with Crippen molar-refractivity contribution in [2.24, 2.45) is 11.3 Å². The average Bonchev–Trinajstić information content (AvgIpc) is 2.06. The first kappa shape index (κ1) is 8.83. The molecule has 0 aromatic rings. The topological polar surface area (TPSA) is 0 Å². The number of hydrogen-bond donors (Lipinski definition) is 0. The zero-order valence-electron chi connectivity index (χ0n) is 8.06. The lowest BCUT2D eigenvalue weighted by molar-refractivity contribution is 0.189. The predicted molar refractivity (Wildman–Crippen MR) is 50.6 cm³/mol. The Morgan fingerprint density at radius 1 is 1.36 bits per heavy atom. The third kappa shape index (κ3) is 2.08. The first-order valence-electron chi connectivity index (χ1n) is 4.82. The summed E-state index contributed by atoms with van der Waals surface area (Å²) < 4.78 is 0. The highest BCUT2D eigenvalue weighted by Gasteiger charge is 2.26. The van der Waals surface area contributed by atoms with Crippen molar-refractivity contribution in [3.8, 4) is 0 Å². The SMILES string of the molecule is CCC(C)(C)[C@H]1CC=CCC1. The van der Waals surface area contributed by atoms with Crippen LogP contribution in [0.5, 0.6) is 0 Å². The first-order chi connectivity index (χ1) is 5.17. The lowest BCUT2D eigenvalue weighted by atomic mass is 9.71. The van der Waals surface area contributed by atoms with E-state index in [0.29, 0.717) is 5.41 Å². The second kappa shape index (κ2) is 3.42. The zero-order chi connectivity index (χ0) is 8.32. The van der Waals surface area contributed by atoms with Crippen LogP contribution in [0, 0.1) is 11.3 Å². The van der Waals surface area contributed by atoms with Crippen molar-refractivity contribution in [2.45, 2.75) is 46.5 Å². The molecule has 1 aliphatic carbocycles. The van der Waals surface area contributed by atoms with Gasteiger partial charge in [0.05, 0.1) is 0 Å². The molecule has 0 heteroatoms. The van der Waals surface area contributed by atoms with Crippen LogP contribution in [0.4, 0.5) is 0 Å². The quantitative estimate of drug-likeness (QED) is 0.528. The van der Waals surface area contributed by atoms with Gasteiger partial charge in [0.2, 0.25) is 0 Å². The van der Waals surface area contributed by atoms with E-state index in [1.165, 1.54) is 25.7 Å². The summed E-state index contributed by atoms with van der Waals surface area (Å²) in [7, 11) is 0. The minimum absolute atomic E-state index is 0.560. The van der Waals surface area contributed by atoms with Crippen LogP contribution in [0.1, 0.15) is 46.5 Å². The molecule has 0 fully saturated rings. The molecule has 0 heterocycles. The van der Waals surface area contributed by atoms with Gasteiger partial charge in [0.15, 0.2) is 0 Å². The molecule has 0 saturated heterocycles.